The fourth-order valence-electron chi connectivity index (χ4n) is 2.88. The Labute approximate surface area is 128 Å². The van der Waals surface area contributed by atoms with Crippen LogP contribution in [0.25, 0.3) is 11.0 Å². The summed E-state index contributed by atoms with van der Waals surface area (Å²) in [6, 6.07) is 0. The van der Waals surface area contributed by atoms with Crippen LogP contribution in [0.15, 0.2) is 6.20 Å². The van der Waals surface area contributed by atoms with Crippen LogP contribution in [-0.4, -0.2) is 50.2 Å². The van der Waals surface area contributed by atoms with Crippen molar-refractivity contribution in [3.63, 3.8) is 0 Å². The van der Waals surface area contributed by atoms with Gasteiger partial charge in [-0.25, -0.2) is 0 Å². The average Bonchev–Trinajstić information content (AvgIpc) is 2.87. The lowest BCUT2D eigenvalue weighted by atomic mass is 9.98. The number of nitrogen functional groups attached to an aromatic ring is 1. The number of amides is 1. The topological polar surface area (TPSA) is 102 Å². The van der Waals surface area contributed by atoms with E-state index >= 15 is 0 Å². The Morgan fingerprint density at radius 3 is 3.09 bits per heavy atom. The fourth-order valence-corrected chi connectivity index (χ4v) is 2.88. The fraction of sp³-hybridized carbons (Fsp3) is 0.571. The highest BCUT2D eigenvalue weighted by Crippen LogP contribution is 2.20. The van der Waals surface area contributed by atoms with Crippen molar-refractivity contribution >= 4 is 28.7 Å². The van der Waals surface area contributed by atoms with Crippen LogP contribution in [0.5, 0.6) is 0 Å². The lowest BCUT2D eigenvalue weighted by molar-refractivity contribution is -0.130. The Bertz CT molecular complexity index is 696. The maximum absolute atomic E-state index is 11.5. The van der Waals surface area contributed by atoms with Crippen molar-refractivity contribution in [2.75, 3.05) is 30.7 Å². The maximum Gasteiger partial charge on any atom is 0.226 e. The molecule has 2 aromatic heterocycles. The van der Waals surface area contributed by atoms with Crippen molar-refractivity contribution < 1.29 is 4.79 Å². The molecule has 1 aliphatic heterocycles. The van der Waals surface area contributed by atoms with E-state index in [0.717, 1.165) is 37.9 Å². The molecule has 3 heterocycles. The summed E-state index contributed by atoms with van der Waals surface area (Å²) in [6.45, 7) is 3.99. The molecule has 1 atom stereocenters. The van der Waals surface area contributed by atoms with E-state index in [-0.39, 0.29) is 5.91 Å². The van der Waals surface area contributed by atoms with E-state index < -0.39 is 0 Å². The second-order valence-electron chi connectivity index (χ2n) is 5.79. The molecular weight excluding hydrogens is 282 g/mol. The number of aryl methyl sites for hydroxylation is 1. The van der Waals surface area contributed by atoms with E-state index in [1.165, 1.54) is 0 Å². The summed E-state index contributed by atoms with van der Waals surface area (Å²) in [4.78, 5) is 22.1. The zero-order valence-electron chi connectivity index (χ0n) is 12.9. The summed E-state index contributed by atoms with van der Waals surface area (Å²) >= 11 is 0. The van der Waals surface area contributed by atoms with Gasteiger partial charge in [-0.2, -0.15) is 15.1 Å². The van der Waals surface area contributed by atoms with Gasteiger partial charge in [-0.05, 0) is 18.8 Å². The first-order valence-corrected chi connectivity index (χ1v) is 7.49. The molecular formula is C14H21N7O. The van der Waals surface area contributed by atoms with Gasteiger partial charge >= 0.3 is 0 Å². The Hall–Kier alpha value is -2.38. The van der Waals surface area contributed by atoms with Gasteiger partial charge < -0.3 is 16.0 Å². The minimum atomic E-state index is 0.140. The first kappa shape index (κ1) is 14.6. The lowest BCUT2D eigenvalue weighted by Crippen LogP contribution is -2.40. The standard InChI is InChI=1S/C14H21N7O/c1-9(22)21-5-3-4-10(8-21)6-16-14-18-12(15)11-7-17-20(2)13(11)19-14/h7,10H,3-6,8H2,1-2H3,(H3,15,16,18,19). The van der Waals surface area contributed by atoms with Crippen molar-refractivity contribution in [1.82, 2.24) is 24.6 Å². The monoisotopic (exact) mass is 303 g/mol. The third kappa shape index (κ3) is 2.81. The Morgan fingerprint density at radius 1 is 1.50 bits per heavy atom. The third-order valence-corrected chi connectivity index (χ3v) is 4.13. The van der Waals surface area contributed by atoms with Crippen LogP contribution in [-0.2, 0) is 11.8 Å². The zero-order valence-corrected chi connectivity index (χ0v) is 12.9. The van der Waals surface area contributed by atoms with E-state index in [4.69, 9.17) is 5.73 Å². The van der Waals surface area contributed by atoms with Crippen LogP contribution < -0.4 is 11.1 Å². The summed E-state index contributed by atoms with van der Waals surface area (Å²) in [5.74, 6) is 1.48. The minimum absolute atomic E-state index is 0.140. The number of nitrogens with zero attached hydrogens (tertiary/aromatic N) is 5. The summed E-state index contributed by atoms with van der Waals surface area (Å²) in [5.41, 5.74) is 6.66. The molecule has 8 nitrogen and oxygen atoms in total. The number of rotatable bonds is 3. The number of piperidine rings is 1. The normalized spacial score (nSPS) is 18.6. The number of hydrogen-bond acceptors (Lipinski definition) is 6. The molecule has 3 rings (SSSR count). The van der Waals surface area contributed by atoms with Crippen molar-refractivity contribution in [3.05, 3.63) is 6.20 Å². The van der Waals surface area contributed by atoms with Crippen LogP contribution in [0.1, 0.15) is 19.8 Å². The number of hydrogen-bond donors (Lipinski definition) is 2. The van der Waals surface area contributed by atoms with Gasteiger partial charge in [-0.3, -0.25) is 9.48 Å². The highest BCUT2D eigenvalue weighted by Gasteiger charge is 2.21. The Morgan fingerprint density at radius 2 is 2.32 bits per heavy atom. The van der Waals surface area contributed by atoms with E-state index in [1.54, 1.807) is 17.8 Å². The molecule has 1 aliphatic rings. The smallest absolute Gasteiger partial charge is 0.226 e. The Balaban J connectivity index is 1.68. The molecule has 0 aromatic carbocycles. The number of carbonyl (C=O) groups is 1. The summed E-state index contributed by atoms with van der Waals surface area (Å²) in [5, 5.41) is 8.14. The second-order valence-corrected chi connectivity index (χ2v) is 5.79. The number of nitrogens with two attached hydrogens (primary N) is 1. The van der Waals surface area contributed by atoms with Gasteiger partial charge in [0.1, 0.15) is 5.82 Å². The Kier molecular flexibility index (Phi) is 3.82. The van der Waals surface area contributed by atoms with E-state index in [2.05, 4.69) is 20.4 Å². The molecule has 2 aromatic rings. The van der Waals surface area contributed by atoms with Crippen LogP contribution in [0, 0.1) is 5.92 Å². The maximum atomic E-state index is 11.5. The molecule has 1 saturated heterocycles. The van der Waals surface area contributed by atoms with Gasteiger partial charge in [0, 0.05) is 33.6 Å². The van der Waals surface area contributed by atoms with E-state index in [9.17, 15) is 4.79 Å². The van der Waals surface area contributed by atoms with Crippen molar-refractivity contribution in [2.24, 2.45) is 13.0 Å². The van der Waals surface area contributed by atoms with Crippen molar-refractivity contribution in [3.8, 4) is 0 Å². The molecule has 8 heteroatoms. The number of carbonyl (C=O) groups excluding carboxylic acids is 1. The summed E-state index contributed by atoms with van der Waals surface area (Å²) in [6.07, 6.45) is 3.80. The predicted octanol–water partition coefficient (Wildman–Crippen LogP) is 0.616. The van der Waals surface area contributed by atoms with Gasteiger partial charge in [-0.15, -0.1) is 0 Å². The molecule has 1 fully saturated rings. The number of likely N-dealkylation sites (tertiary alicyclic amines) is 1. The summed E-state index contributed by atoms with van der Waals surface area (Å²) < 4.78 is 1.68. The predicted molar refractivity (Wildman–Crippen MR) is 84.2 cm³/mol. The molecule has 0 saturated carbocycles. The van der Waals surface area contributed by atoms with Gasteiger partial charge in [0.05, 0.1) is 11.6 Å². The molecule has 22 heavy (non-hydrogen) atoms. The van der Waals surface area contributed by atoms with Gasteiger partial charge in [0.2, 0.25) is 11.9 Å². The number of fused-ring (bicyclic) bond motifs is 1. The number of nitrogens with one attached hydrogen (secondary N) is 1. The van der Waals surface area contributed by atoms with Crippen molar-refractivity contribution in [2.45, 2.75) is 19.8 Å². The molecule has 118 valence electrons. The third-order valence-electron chi connectivity index (χ3n) is 4.13. The highest BCUT2D eigenvalue weighted by atomic mass is 16.2. The molecule has 1 unspecified atom stereocenters. The van der Waals surface area contributed by atoms with Gasteiger partial charge in [0.15, 0.2) is 5.65 Å². The largest absolute Gasteiger partial charge is 0.383 e. The molecule has 1 amide bonds. The van der Waals surface area contributed by atoms with Crippen LogP contribution in [0.4, 0.5) is 11.8 Å². The minimum Gasteiger partial charge on any atom is -0.383 e. The van der Waals surface area contributed by atoms with Gasteiger partial charge in [-0.1, -0.05) is 0 Å². The van der Waals surface area contributed by atoms with Crippen LogP contribution in [0.3, 0.4) is 0 Å². The van der Waals surface area contributed by atoms with E-state index in [0.29, 0.717) is 23.3 Å². The SMILES string of the molecule is CC(=O)N1CCCC(CNc2nc(N)c3cnn(C)c3n2)C1. The molecule has 3 N–H and O–H groups in total. The first-order chi connectivity index (χ1) is 10.5. The quantitative estimate of drug-likeness (QED) is 0.861. The second kappa shape index (κ2) is 5.78. The van der Waals surface area contributed by atoms with Gasteiger partial charge in [0.25, 0.3) is 0 Å². The molecule has 0 spiro atoms. The highest BCUT2D eigenvalue weighted by molar-refractivity contribution is 5.86. The van der Waals surface area contributed by atoms with E-state index in [1.807, 2.05) is 11.9 Å². The van der Waals surface area contributed by atoms with Crippen LogP contribution in [0.2, 0.25) is 0 Å². The number of anilines is 2. The first-order valence-electron chi connectivity index (χ1n) is 7.49. The summed E-state index contributed by atoms with van der Waals surface area (Å²) in [7, 11) is 1.82. The number of aromatic nitrogens is 4. The molecule has 0 bridgehead atoms. The van der Waals surface area contributed by atoms with Crippen LogP contribution >= 0.6 is 0 Å². The molecule has 0 radical (unpaired) electrons. The lowest BCUT2D eigenvalue weighted by Gasteiger charge is -2.32. The molecule has 0 aliphatic carbocycles. The zero-order chi connectivity index (χ0) is 15.7. The van der Waals surface area contributed by atoms with Crippen molar-refractivity contribution in [1.29, 1.82) is 0 Å². The average molecular weight is 303 g/mol.